The minimum atomic E-state index is -0.884. The molecule has 0 bridgehead atoms. The number of oxime groups is 1. The van der Waals surface area contributed by atoms with E-state index in [0.29, 0.717) is 15.7 Å². The zero-order valence-corrected chi connectivity index (χ0v) is 13.6. The Hall–Kier alpha value is -2.11. The first-order valence-corrected chi connectivity index (χ1v) is 7.42. The second-order valence-corrected chi connectivity index (χ2v) is 5.46. The summed E-state index contributed by atoms with van der Waals surface area (Å²) in [5.41, 5.74) is 0.676. The summed E-state index contributed by atoms with van der Waals surface area (Å²) in [5.74, 6) is -0.871. The molecular weight excluding hydrogens is 342 g/mol. The van der Waals surface area contributed by atoms with Crippen LogP contribution in [-0.2, 0) is 9.63 Å². The molecule has 23 heavy (non-hydrogen) atoms. The third kappa shape index (κ3) is 4.94. The second kappa shape index (κ2) is 7.94. The highest BCUT2D eigenvalue weighted by atomic mass is 35.5. The van der Waals surface area contributed by atoms with Crippen LogP contribution in [0.25, 0.3) is 0 Å². The van der Waals surface area contributed by atoms with E-state index in [2.05, 4.69) is 10.5 Å². The first-order valence-electron chi connectivity index (χ1n) is 6.67. The predicted octanol–water partition coefficient (Wildman–Crippen LogP) is 4.51. The van der Waals surface area contributed by atoms with Crippen LogP contribution in [0, 0.1) is 5.82 Å². The van der Waals surface area contributed by atoms with Crippen LogP contribution < -0.4 is 5.32 Å². The molecule has 0 unspecified atom stereocenters. The Morgan fingerprint density at radius 2 is 2.04 bits per heavy atom. The van der Waals surface area contributed by atoms with Gasteiger partial charge in [0.05, 0.1) is 16.9 Å². The molecule has 1 amide bonds. The van der Waals surface area contributed by atoms with Crippen LogP contribution in [0.3, 0.4) is 0 Å². The first kappa shape index (κ1) is 17.2. The third-order valence-corrected chi connectivity index (χ3v) is 3.42. The van der Waals surface area contributed by atoms with Crippen molar-refractivity contribution >= 4 is 41.0 Å². The van der Waals surface area contributed by atoms with Gasteiger partial charge < -0.3 is 10.2 Å². The van der Waals surface area contributed by atoms with Crippen molar-refractivity contribution in [1.29, 1.82) is 0 Å². The summed E-state index contributed by atoms with van der Waals surface area (Å²) < 4.78 is 13.4. The average Bonchev–Trinajstić information content (AvgIpc) is 2.51. The normalized spacial score (nSPS) is 12.2. The summed E-state index contributed by atoms with van der Waals surface area (Å²) >= 11 is 11.8. The lowest BCUT2D eigenvalue weighted by atomic mass is 10.2. The molecule has 0 fully saturated rings. The molecule has 1 N–H and O–H groups in total. The highest BCUT2D eigenvalue weighted by molar-refractivity contribution is 6.36. The molecule has 0 aliphatic carbocycles. The summed E-state index contributed by atoms with van der Waals surface area (Å²) in [6, 6.07) is 10.8. The van der Waals surface area contributed by atoms with Gasteiger partial charge in [-0.15, -0.1) is 0 Å². The maximum absolute atomic E-state index is 13.4. The summed E-state index contributed by atoms with van der Waals surface area (Å²) in [6.45, 7) is 1.51. The second-order valence-electron chi connectivity index (χ2n) is 4.62. The fourth-order valence-electron chi connectivity index (χ4n) is 1.63. The summed E-state index contributed by atoms with van der Waals surface area (Å²) in [4.78, 5) is 17.0. The quantitative estimate of drug-likeness (QED) is 0.634. The Labute approximate surface area is 142 Å². The van der Waals surface area contributed by atoms with Gasteiger partial charge in [-0.25, -0.2) is 4.39 Å². The molecule has 2 aromatic rings. The van der Waals surface area contributed by atoms with Crippen molar-refractivity contribution in [3.63, 3.8) is 0 Å². The van der Waals surface area contributed by atoms with Crippen molar-refractivity contribution in [2.75, 3.05) is 5.32 Å². The minimum absolute atomic E-state index is 0.265. The molecule has 0 aliphatic heterocycles. The number of hydrogen-bond donors (Lipinski definition) is 1. The third-order valence-electron chi connectivity index (χ3n) is 2.87. The van der Waals surface area contributed by atoms with Gasteiger partial charge in [-0.2, -0.15) is 0 Å². The highest BCUT2D eigenvalue weighted by Crippen LogP contribution is 2.25. The van der Waals surface area contributed by atoms with Crippen molar-refractivity contribution in [1.82, 2.24) is 0 Å². The van der Waals surface area contributed by atoms with Crippen LogP contribution >= 0.6 is 23.2 Å². The Bertz CT molecular complexity index is 738. The molecule has 0 aliphatic rings. The molecule has 7 heteroatoms. The molecule has 0 radical (unpaired) electrons. The number of halogens is 3. The molecule has 2 aromatic carbocycles. The van der Waals surface area contributed by atoms with Gasteiger partial charge in [-0.05, 0) is 31.2 Å². The Balaban J connectivity index is 1.94. The number of nitrogens with zero attached hydrogens (tertiary/aromatic N) is 1. The smallest absolute Gasteiger partial charge is 0.268 e. The monoisotopic (exact) mass is 354 g/mol. The Morgan fingerprint density at radius 1 is 1.30 bits per heavy atom. The SMILES string of the molecule is C[C@@H](O/N=C\c1ccccc1F)C(=O)Nc1ccc(Cl)cc1Cl. The van der Waals surface area contributed by atoms with E-state index in [1.165, 1.54) is 25.3 Å². The van der Waals surface area contributed by atoms with Crippen LogP contribution in [0.1, 0.15) is 12.5 Å². The lowest BCUT2D eigenvalue weighted by molar-refractivity contribution is -0.126. The van der Waals surface area contributed by atoms with E-state index in [4.69, 9.17) is 28.0 Å². The van der Waals surface area contributed by atoms with Gasteiger partial charge in [0, 0.05) is 10.6 Å². The van der Waals surface area contributed by atoms with Crippen molar-refractivity contribution < 1.29 is 14.0 Å². The zero-order valence-electron chi connectivity index (χ0n) is 12.1. The molecule has 0 aromatic heterocycles. The summed E-state index contributed by atoms with van der Waals surface area (Å²) in [5, 5.41) is 6.99. The topological polar surface area (TPSA) is 50.7 Å². The number of carbonyl (C=O) groups excluding carboxylic acids is 1. The van der Waals surface area contributed by atoms with Crippen molar-refractivity contribution in [3.05, 3.63) is 63.9 Å². The number of nitrogens with one attached hydrogen (secondary N) is 1. The maximum Gasteiger partial charge on any atom is 0.268 e. The average molecular weight is 355 g/mol. The van der Waals surface area contributed by atoms with Gasteiger partial charge in [-0.3, -0.25) is 4.79 Å². The maximum atomic E-state index is 13.4. The van der Waals surface area contributed by atoms with Crippen LogP contribution in [0.2, 0.25) is 10.0 Å². The number of carbonyl (C=O) groups is 1. The molecule has 1 atom stereocenters. The first-order chi connectivity index (χ1) is 11.0. The number of benzene rings is 2. The van der Waals surface area contributed by atoms with Gasteiger partial charge in [0.1, 0.15) is 5.82 Å². The predicted molar refractivity (Wildman–Crippen MR) is 89.6 cm³/mol. The number of hydrogen-bond acceptors (Lipinski definition) is 3. The number of anilines is 1. The van der Waals surface area contributed by atoms with E-state index >= 15 is 0 Å². The van der Waals surface area contributed by atoms with Gasteiger partial charge in [-0.1, -0.05) is 46.6 Å². The van der Waals surface area contributed by atoms with Crippen molar-refractivity contribution in [2.45, 2.75) is 13.0 Å². The molecule has 120 valence electrons. The standard InChI is InChI=1S/C16H13Cl2FN2O2/c1-10(23-20-9-11-4-2-3-5-14(11)19)16(22)21-15-7-6-12(17)8-13(15)18/h2-10H,1H3,(H,21,22)/b20-9-/t10-/m1/s1. The van der Waals surface area contributed by atoms with Crippen LogP contribution in [-0.4, -0.2) is 18.2 Å². The van der Waals surface area contributed by atoms with Crippen LogP contribution in [0.15, 0.2) is 47.6 Å². The fourth-order valence-corrected chi connectivity index (χ4v) is 2.09. The summed E-state index contributed by atoms with van der Waals surface area (Å²) in [6.07, 6.45) is 0.318. The molecule has 0 heterocycles. The Kier molecular flexibility index (Phi) is 5.96. The van der Waals surface area contributed by atoms with Gasteiger partial charge in [0.25, 0.3) is 5.91 Å². The largest absolute Gasteiger partial charge is 0.383 e. The molecule has 2 rings (SSSR count). The van der Waals surface area contributed by atoms with Gasteiger partial charge in [0.15, 0.2) is 0 Å². The van der Waals surface area contributed by atoms with Crippen molar-refractivity contribution in [2.24, 2.45) is 5.16 Å². The molecule has 0 spiro atoms. The Morgan fingerprint density at radius 3 is 2.74 bits per heavy atom. The highest BCUT2D eigenvalue weighted by Gasteiger charge is 2.15. The molecule has 4 nitrogen and oxygen atoms in total. The minimum Gasteiger partial charge on any atom is -0.383 e. The van der Waals surface area contributed by atoms with Gasteiger partial charge in [0.2, 0.25) is 6.10 Å². The van der Waals surface area contributed by atoms with Gasteiger partial charge >= 0.3 is 0 Å². The zero-order chi connectivity index (χ0) is 16.8. The van der Waals surface area contributed by atoms with Crippen molar-refractivity contribution in [3.8, 4) is 0 Å². The summed E-state index contributed by atoms with van der Waals surface area (Å²) in [7, 11) is 0. The molecule has 0 saturated carbocycles. The van der Waals surface area contributed by atoms with E-state index in [1.54, 1.807) is 30.3 Å². The van der Waals surface area contributed by atoms with E-state index in [0.717, 1.165) is 0 Å². The number of amides is 1. The van der Waals surface area contributed by atoms with E-state index in [-0.39, 0.29) is 5.56 Å². The lowest BCUT2D eigenvalue weighted by Crippen LogP contribution is -2.26. The lowest BCUT2D eigenvalue weighted by Gasteiger charge is -2.11. The van der Waals surface area contributed by atoms with E-state index in [9.17, 15) is 9.18 Å². The van der Waals surface area contributed by atoms with Crippen LogP contribution in [0.4, 0.5) is 10.1 Å². The van der Waals surface area contributed by atoms with Crippen LogP contribution in [0.5, 0.6) is 0 Å². The molecular formula is C16H13Cl2FN2O2. The molecule has 0 saturated heterocycles. The van der Waals surface area contributed by atoms with E-state index in [1.807, 2.05) is 0 Å². The van der Waals surface area contributed by atoms with E-state index < -0.39 is 17.8 Å². The fraction of sp³-hybridized carbons (Fsp3) is 0.125. The number of rotatable bonds is 5.